The molecule has 2 rings (SSSR count). The van der Waals surface area contributed by atoms with E-state index in [1.54, 1.807) is 12.1 Å². The smallest absolute Gasteiger partial charge is 0.338 e. The Hall–Kier alpha value is -2.42. The van der Waals surface area contributed by atoms with E-state index in [9.17, 15) is 10.1 Å². The summed E-state index contributed by atoms with van der Waals surface area (Å²) in [6, 6.07) is 5.33. The molecule has 1 saturated carbocycles. The molecule has 6 heteroatoms. The van der Waals surface area contributed by atoms with Crippen molar-refractivity contribution < 1.29 is 23.7 Å². The van der Waals surface area contributed by atoms with E-state index in [4.69, 9.17) is 18.9 Å². The summed E-state index contributed by atoms with van der Waals surface area (Å²) in [5.74, 6) is 0.462. The summed E-state index contributed by atoms with van der Waals surface area (Å²) in [5, 5.41) is 9.18. The number of benzene rings is 1. The number of hydrogen-bond acceptors (Lipinski definition) is 6. The number of ether oxygens (including phenoxy) is 4. The minimum absolute atomic E-state index is 0.241. The van der Waals surface area contributed by atoms with Gasteiger partial charge in [0.2, 0.25) is 5.75 Å². The Labute approximate surface area is 135 Å². The minimum atomic E-state index is -0.489. The van der Waals surface area contributed by atoms with Gasteiger partial charge in [0.25, 0.3) is 0 Å². The fourth-order valence-electron chi connectivity index (χ4n) is 2.79. The first kappa shape index (κ1) is 16.9. The Balaban J connectivity index is 2.23. The molecule has 0 radical (unpaired) electrons. The quantitative estimate of drug-likeness (QED) is 0.777. The molecule has 0 bridgehead atoms. The molecule has 0 aliphatic heterocycles. The average molecular weight is 319 g/mol. The molecule has 0 heterocycles. The summed E-state index contributed by atoms with van der Waals surface area (Å²) in [4.78, 5) is 12.4. The molecule has 0 spiro atoms. The number of esters is 1. The van der Waals surface area contributed by atoms with Gasteiger partial charge in [-0.2, -0.15) is 5.26 Å². The lowest BCUT2D eigenvalue weighted by atomic mass is 9.87. The highest BCUT2D eigenvalue weighted by molar-refractivity contribution is 5.91. The molecule has 1 aliphatic rings. The number of nitriles is 1. The first-order chi connectivity index (χ1) is 11.1. The maximum atomic E-state index is 12.4. The molecule has 23 heavy (non-hydrogen) atoms. The van der Waals surface area contributed by atoms with Crippen LogP contribution in [0.5, 0.6) is 17.2 Å². The molecule has 0 saturated heterocycles. The van der Waals surface area contributed by atoms with Crippen molar-refractivity contribution in [2.75, 3.05) is 21.3 Å². The zero-order valence-corrected chi connectivity index (χ0v) is 13.6. The Morgan fingerprint density at radius 3 is 2.22 bits per heavy atom. The van der Waals surface area contributed by atoms with Crippen molar-refractivity contribution in [1.82, 2.24) is 0 Å². The van der Waals surface area contributed by atoms with Crippen molar-refractivity contribution in [2.45, 2.75) is 31.8 Å². The fraction of sp³-hybridized carbons (Fsp3) is 0.529. The molecule has 0 aromatic heterocycles. The highest BCUT2D eigenvalue weighted by atomic mass is 16.5. The second-order valence-corrected chi connectivity index (χ2v) is 5.38. The van der Waals surface area contributed by atoms with Crippen LogP contribution in [0.1, 0.15) is 36.0 Å². The average Bonchev–Trinajstić information content (AvgIpc) is 2.60. The summed E-state index contributed by atoms with van der Waals surface area (Å²) in [5.41, 5.74) is 0.307. The van der Waals surface area contributed by atoms with E-state index >= 15 is 0 Å². The van der Waals surface area contributed by atoms with Crippen molar-refractivity contribution >= 4 is 5.97 Å². The zero-order valence-electron chi connectivity index (χ0n) is 13.6. The predicted octanol–water partition coefficient (Wildman–Crippen LogP) is 2.95. The van der Waals surface area contributed by atoms with Crippen LogP contribution in [0.25, 0.3) is 0 Å². The van der Waals surface area contributed by atoms with E-state index in [1.165, 1.54) is 21.3 Å². The third-order valence-electron chi connectivity index (χ3n) is 4.03. The Kier molecular flexibility index (Phi) is 5.69. The van der Waals surface area contributed by atoms with Crippen LogP contribution in [-0.2, 0) is 4.74 Å². The number of carbonyl (C=O) groups excluding carboxylic acids is 1. The molecule has 1 aromatic rings. The van der Waals surface area contributed by atoms with Crippen LogP contribution in [0, 0.1) is 17.2 Å². The van der Waals surface area contributed by atoms with Crippen LogP contribution < -0.4 is 14.2 Å². The third-order valence-corrected chi connectivity index (χ3v) is 4.03. The normalized spacial score (nSPS) is 20.3. The van der Waals surface area contributed by atoms with E-state index in [0.717, 1.165) is 19.3 Å². The molecule has 0 N–H and O–H groups in total. The highest BCUT2D eigenvalue weighted by Gasteiger charge is 2.29. The highest BCUT2D eigenvalue weighted by Crippen LogP contribution is 2.38. The van der Waals surface area contributed by atoms with E-state index < -0.39 is 5.97 Å². The molecular formula is C17H21NO5. The van der Waals surface area contributed by atoms with Crippen LogP contribution in [0.2, 0.25) is 0 Å². The standard InChI is InChI=1S/C17H21NO5/c1-20-14-8-12(9-15(21-2)16(14)22-3)17(19)23-13-7-5-4-6-11(13)10-18/h8-9,11,13H,4-7H2,1-3H3/t11-,13-/m0/s1. The second-order valence-electron chi connectivity index (χ2n) is 5.38. The van der Waals surface area contributed by atoms with E-state index in [1.807, 2.05) is 0 Å². The number of carbonyl (C=O) groups is 1. The topological polar surface area (TPSA) is 77.8 Å². The van der Waals surface area contributed by atoms with Crippen LogP contribution >= 0.6 is 0 Å². The SMILES string of the molecule is COc1cc(C(=O)O[C@H]2CCCC[C@H]2C#N)cc(OC)c1OC. The van der Waals surface area contributed by atoms with Gasteiger partial charge in [-0.25, -0.2) is 4.79 Å². The minimum Gasteiger partial charge on any atom is -0.493 e. The van der Waals surface area contributed by atoms with E-state index in [0.29, 0.717) is 29.2 Å². The predicted molar refractivity (Wildman–Crippen MR) is 82.9 cm³/mol. The van der Waals surface area contributed by atoms with Gasteiger partial charge in [-0.15, -0.1) is 0 Å². The van der Waals surface area contributed by atoms with Gasteiger partial charge in [0.05, 0.1) is 38.9 Å². The third kappa shape index (κ3) is 3.67. The number of hydrogen-bond donors (Lipinski definition) is 0. The van der Waals surface area contributed by atoms with Crippen LogP contribution in [0.15, 0.2) is 12.1 Å². The molecular weight excluding hydrogens is 298 g/mol. The molecule has 0 unspecified atom stereocenters. The van der Waals surface area contributed by atoms with Crippen molar-refractivity contribution in [2.24, 2.45) is 5.92 Å². The number of nitrogens with zero attached hydrogens (tertiary/aromatic N) is 1. The monoisotopic (exact) mass is 319 g/mol. The molecule has 124 valence electrons. The largest absolute Gasteiger partial charge is 0.493 e. The van der Waals surface area contributed by atoms with Gasteiger partial charge in [0.15, 0.2) is 11.5 Å². The maximum absolute atomic E-state index is 12.4. The second kappa shape index (κ2) is 7.73. The van der Waals surface area contributed by atoms with E-state index in [2.05, 4.69) is 6.07 Å². The van der Waals surface area contributed by atoms with Gasteiger partial charge < -0.3 is 18.9 Å². The first-order valence-electron chi connectivity index (χ1n) is 7.55. The van der Waals surface area contributed by atoms with E-state index in [-0.39, 0.29) is 12.0 Å². The molecule has 1 aromatic carbocycles. The summed E-state index contributed by atoms with van der Waals surface area (Å²) >= 11 is 0. The van der Waals surface area contributed by atoms with Gasteiger partial charge in [0, 0.05) is 0 Å². The van der Waals surface area contributed by atoms with Gasteiger partial charge in [-0.3, -0.25) is 0 Å². The molecule has 2 atom stereocenters. The van der Waals surface area contributed by atoms with Crippen molar-refractivity contribution in [3.63, 3.8) is 0 Å². The Morgan fingerprint density at radius 1 is 1.09 bits per heavy atom. The summed E-state index contributed by atoms with van der Waals surface area (Å²) in [6.07, 6.45) is 3.08. The van der Waals surface area contributed by atoms with Crippen molar-refractivity contribution in [3.8, 4) is 23.3 Å². The van der Waals surface area contributed by atoms with Crippen molar-refractivity contribution in [1.29, 1.82) is 5.26 Å². The summed E-state index contributed by atoms with van der Waals surface area (Å²) in [7, 11) is 4.47. The lowest BCUT2D eigenvalue weighted by molar-refractivity contribution is 0.0107. The van der Waals surface area contributed by atoms with Crippen LogP contribution in [-0.4, -0.2) is 33.4 Å². The summed E-state index contributed by atoms with van der Waals surface area (Å²) < 4.78 is 21.2. The molecule has 0 amide bonds. The first-order valence-corrected chi connectivity index (χ1v) is 7.55. The number of methoxy groups -OCH3 is 3. The fourth-order valence-corrected chi connectivity index (χ4v) is 2.79. The van der Waals surface area contributed by atoms with Gasteiger partial charge in [0.1, 0.15) is 6.10 Å². The lowest BCUT2D eigenvalue weighted by Crippen LogP contribution is -2.29. The maximum Gasteiger partial charge on any atom is 0.338 e. The summed E-state index contributed by atoms with van der Waals surface area (Å²) in [6.45, 7) is 0. The Morgan fingerprint density at radius 2 is 1.70 bits per heavy atom. The van der Waals surface area contributed by atoms with Gasteiger partial charge in [-0.05, 0) is 31.4 Å². The van der Waals surface area contributed by atoms with Gasteiger partial charge in [-0.1, -0.05) is 6.42 Å². The zero-order chi connectivity index (χ0) is 16.8. The lowest BCUT2D eigenvalue weighted by Gasteiger charge is -2.26. The van der Waals surface area contributed by atoms with Crippen molar-refractivity contribution in [3.05, 3.63) is 17.7 Å². The molecule has 1 aliphatic carbocycles. The van der Waals surface area contributed by atoms with Crippen LogP contribution in [0.4, 0.5) is 0 Å². The van der Waals surface area contributed by atoms with Crippen LogP contribution in [0.3, 0.4) is 0 Å². The molecule has 6 nitrogen and oxygen atoms in total. The molecule has 1 fully saturated rings. The number of rotatable bonds is 5. The van der Waals surface area contributed by atoms with Gasteiger partial charge >= 0.3 is 5.97 Å². The Bertz CT molecular complexity index is 582.